The molecule has 0 unspecified atom stereocenters. The van der Waals surface area contributed by atoms with Crippen LogP contribution in [0.15, 0.2) is 36.7 Å². The Morgan fingerprint density at radius 2 is 1.77 bits per heavy atom. The first-order valence-corrected chi connectivity index (χ1v) is 9.00. The molecule has 2 fully saturated rings. The van der Waals surface area contributed by atoms with Crippen LogP contribution < -0.4 is 9.64 Å². The molecule has 1 saturated carbocycles. The summed E-state index contributed by atoms with van der Waals surface area (Å²) in [6, 6.07) is 9.01. The van der Waals surface area contributed by atoms with Crippen LogP contribution in [0.4, 0.5) is 14.6 Å². The van der Waals surface area contributed by atoms with Crippen LogP contribution in [0.3, 0.4) is 0 Å². The van der Waals surface area contributed by atoms with Crippen molar-refractivity contribution < 1.29 is 13.5 Å². The zero-order valence-corrected chi connectivity index (χ0v) is 14.5. The van der Waals surface area contributed by atoms with Gasteiger partial charge >= 0.3 is 6.61 Å². The number of benzene rings is 1. The zero-order valence-electron chi connectivity index (χ0n) is 14.5. The molecule has 1 aliphatic heterocycles. The van der Waals surface area contributed by atoms with Crippen LogP contribution >= 0.6 is 0 Å². The molecule has 2 aliphatic rings. The highest BCUT2D eigenvalue weighted by Crippen LogP contribution is 2.39. The van der Waals surface area contributed by atoms with Crippen molar-refractivity contribution in [2.24, 2.45) is 0 Å². The fraction of sp³-hybridized carbons (Fsp3) is 0.474. The van der Waals surface area contributed by atoms with Gasteiger partial charge in [0.15, 0.2) is 0 Å². The standard InChI is InChI=1S/C19H22F2N4O/c20-19(21)26-16-5-1-14(2-6-16)12-24-7-9-25(10-8-24)18-11-17(15-3-4-15)22-13-23-18/h1-2,5-6,11,13,15,19H,3-4,7-10,12H2. The van der Waals surface area contributed by atoms with Crippen LogP contribution in [0.5, 0.6) is 5.75 Å². The molecule has 0 spiro atoms. The number of aromatic nitrogens is 2. The van der Waals surface area contributed by atoms with Gasteiger partial charge in [0.1, 0.15) is 17.9 Å². The van der Waals surface area contributed by atoms with Crippen molar-refractivity contribution in [3.8, 4) is 5.75 Å². The third-order valence-corrected chi connectivity index (χ3v) is 4.92. The summed E-state index contributed by atoms with van der Waals surface area (Å²) < 4.78 is 28.8. The molecule has 1 aromatic heterocycles. The van der Waals surface area contributed by atoms with E-state index in [4.69, 9.17) is 0 Å². The van der Waals surface area contributed by atoms with Crippen LogP contribution in [-0.4, -0.2) is 47.7 Å². The summed E-state index contributed by atoms with van der Waals surface area (Å²) in [6.07, 6.45) is 4.16. The lowest BCUT2D eigenvalue weighted by atomic mass is 10.2. The highest BCUT2D eigenvalue weighted by atomic mass is 19.3. The maximum absolute atomic E-state index is 12.2. The van der Waals surface area contributed by atoms with Crippen molar-refractivity contribution >= 4 is 5.82 Å². The molecule has 0 bridgehead atoms. The van der Waals surface area contributed by atoms with Gasteiger partial charge in [0, 0.05) is 50.4 Å². The van der Waals surface area contributed by atoms with Gasteiger partial charge in [-0.3, -0.25) is 4.90 Å². The lowest BCUT2D eigenvalue weighted by molar-refractivity contribution is -0.0498. The smallest absolute Gasteiger partial charge is 0.387 e. The Morgan fingerprint density at radius 1 is 1.04 bits per heavy atom. The van der Waals surface area contributed by atoms with Gasteiger partial charge in [-0.25, -0.2) is 9.97 Å². The van der Waals surface area contributed by atoms with Crippen molar-refractivity contribution in [3.63, 3.8) is 0 Å². The Kier molecular flexibility index (Phi) is 4.97. The van der Waals surface area contributed by atoms with E-state index in [1.165, 1.54) is 18.5 Å². The second kappa shape index (κ2) is 7.53. The first-order valence-electron chi connectivity index (χ1n) is 9.00. The number of ether oxygens (including phenoxy) is 1. The highest BCUT2D eigenvalue weighted by Gasteiger charge is 2.26. The summed E-state index contributed by atoms with van der Waals surface area (Å²) in [7, 11) is 0. The van der Waals surface area contributed by atoms with E-state index in [0.29, 0.717) is 5.92 Å². The number of piperazine rings is 1. The SMILES string of the molecule is FC(F)Oc1ccc(CN2CCN(c3cc(C4CC4)ncn3)CC2)cc1. The number of hydrogen-bond donors (Lipinski definition) is 0. The Morgan fingerprint density at radius 3 is 2.42 bits per heavy atom. The van der Waals surface area contributed by atoms with E-state index in [-0.39, 0.29) is 5.75 Å². The van der Waals surface area contributed by atoms with Gasteiger partial charge in [-0.1, -0.05) is 12.1 Å². The molecule has 1 saturated heterocycles. The minimum absolute atomic E-state index is 0.198. The molecule has 2 heterocycles. The number of halogens is 2. The van der Waals surface area contributed by atoms with Gasteiger partial charge in [0.25, 0.3) is 0 Å². The summed E-state index contributed by atoms with van der Waals surface area (Å²) in [4.78, 5) is 13.5. The predicted octanol–water partition coefficient (Wildman–Crippen LogP) is 3.28. The molecule has 5 nitrogen and oxygen atoms in total. The number of alkyl halides is 2. The van der Waals surface area contributed by atoms with E-state index in [0.717, 1.165) is 44.1 Å². The summed E-state index contributed by atoms with van der Waals surface area (Å²) >= 11 is 0. The summed E-state index contributed by atoms with van der Waals surface area (Å²) in [6.45, 7) is 1.76. The molecule has 0 radical (unpaired) electrons. The number of anilines is 1. The molecule has 2 aromatic rings. The summed E-state index contributed by atoms with van der Waals surface area (Å²) in [5, 5.41) is 0. The van der Waals surface area contributed by atoms with Gasteiger partial charge < -0.3 is 9.64 Å². The molecular formula is C19H22F2N4O. The normalized spacial score (nSPS) is 18.3. The second-order valence-electron chi connectivity index (χ2n) is 6.86. The average Bonchev–Trinajstić information content (AvgIpc) is 3.49. The van der Waals surface area contributed by atoms with Crippen LogP contribution in [0.1, 0.15) is 30.0 Å². The van der Waals surface area contributed by atoms with E-state index < -0.39 is 6.61 Å². The van der Waals surface area contributed by atoms with Crippen LogP contribution in [0.25, 0.3) is 0 Å². The van der Waals surface area contributed by atoms with Crippen molar-refractivity contribution in [1.29, 1.82) is 0 Å². The van der Waals surface area contributed by atoms with Crippen LogP contribution in [-0.2, 0) is 6.54 Å². The van der Waals surface area contributed by atoms with Crippen LogP contribution in [0, 0.1) is 0 Å². The molecule has 0 N–H and O–H groups in total. The molecule has 26 heavy (non-hydrogen) atoms. The van der Waals surface area contributed by atoms with E-state index in [9.17, 15) is 8.78 Å². The number of nitrogens with zero attached hydrogens (tertiary/aromatic N) is 4. The summed E-state index contributed by atoms with van der Waals surface area (Å²) in [5.41, 5.74) is 2.27. The molecule has 1 aliphatic carbocycles. The largest absolute Gasteiger partial charge is 0.435 e. The highest BCUT2D eigenvalue weighted by molar-refractivity contribution is 5.41. The minimum atomic E-state index is -2.78. The maximum Gasteiger partial charge on any atom is 0.387 e. The van der Waals surface area contributed by atoms with E-state index in [2.05, 4.69) is 30.6 Å². The zero-order chi connectivity index (χ0) is 17.9. The molecule has 1 aromatic carbocycles. The van der Waals surface area contributed by atoms with E-state index in [1.807, 2.05) is 12.1 Å². The fourth-order valence-electron chi connectivity index (χ4n) is 3.31. The lowest BCUT2D eigenvalue weighted by Gasteiger charge is -2.35. The quantitative estimate of drug-likeness (QED) is 0.791. The van der Waals surface area contributed by atoms with Gasteiger partial charge in [0.05, 0.1) is 0 Å². The Bertz CT molecular complexity index is 729. The Labute approximate surface area is 151 Å². The molecule has 7 heteroatoms. The predicted molar refractivity (Wildman–Crippen MR) is 94.6 cm³/mol. The molecule has 4 rings (SSSR count). The third-order valence-electron chi connectivity index (χ3n) is 4.92. The topological polar surface area (TPSA) is 41.5 Å². The first kappa shape index (κ1) is 17.1. The molecule has 138 valence electrons. The van der Waals surface area contributed by atoms with Crippen molar-refractivity contribution in [1.82, 2.24) is 14.9 Å². The van der Waals surface area contributed by atoms with E-state index >= 15 is 0 Å². The van der Waals surface area contributed by atoms with Gasteiger partial charge in [0.2, 0.25) is 0 Å². The van der Waals surface area contributed by atoms with E-state index in [1.54, 1.807) is 18.5 Å². The molecule has 0 atom stereocenters. The second-order valence-corrected chi connectivity index (χ2v) is 6.86. The van der Waals surface area contributed by atoms with Crippen molar-refractivity contribution in [3.05, 3.63) is 47.9 Å². The first-order chi connectivity index (χ1) is 12.7. The van der Waals surface area contributed by atoms with Gasteiger partial charge in [-0.15, -0.1) is 0 Å². The van der Waals surface area contributed by atoms with Gasteiger partial charge in [-0.05, 0) is 30.5 Å². The molecular weight excluding hydrogens is 338 g/mol. The minimum Gasteiger partial charge on any atom is -0.435 e. The average molecular weight is 360 g/mol. The number of hydrogen-bond acceptors (Lipinski definition) is 5. The van der Waals surface area contributed by atoms with Crippen molar-refractivity contribution in [2.45, 2.75) is 31.9 Å². The number of rotatable bonds is 6. The molecule has 0 amide bonds. The third kappa shape index (κ3) is 4.27. The Balaban J connectivity index is 1.30. The van der Waals surface area contributed by atoms with Gasteiger partial charge in [-0.2, -0.15) is 8.78 Å². The monoisotopic (exact) mass is 360 g/mol. The summed E-state index contributed by atoms with van der Waals surface area (Å²) in [5.74, 6) is 1.86. The Hall–Kier alpha value is -2.28. The van der Waals surface area contributed by atoms with Crippen LogP contribution in [0.2, 0.25) is 0 Å². The van der Waals surface area contributed by atoms with Crippen molar-refractivity contribution in [2.75, 3.05) is 31.1 Å². The lowest BCUT2D eigenvalue weighted by Crippen LogP contribution is -2.46. The maximum atomic E-state index is 12.2. The fourth-order valence-corrected chi connectivity index (χ4v) is 3.31.